The fourth-order valence-electron chi connectivity index (χ4n) is 4.19. The van der Waals surface area contributed by atoms with Gasteiger partial charge < -0.3 is 5.32 Å². The largest absolute Gasteiger partial charge is 0.451 e. The molecule has 0 unspecified atom stereocenters. The van der Waals surface area contributed by atoms with Crippen LogP contribution in [-0.4, -0.2) is 56.8 Å². The Hall–Kier alpha value is -3.80. The van der Waals surface area contributed by atoms with Crippen molar-refractivity contribution in [3.63, 3.8) is 0 Å². The van der Waals surface area contributed by atoms with E-state index in [1.165, 1.54) is 0 Å². The number of pyridine rings is 2. The molecule has 1 saturated heterocycles. The van der Waals surface area contributed by atoms with Crippen LogP contribution in [0.3, 0.4) is 0 Å². The third kappa shape index (κ3) is 6.12. The zero-order chi connectivity index (χ0) is 30.3. The minimum absolute atomic E-state index is 0.168. The van der Waals surface area contributed by atoms with Crippen molar-refractivity contribution in [1.29, 1.82) is 0 Å². The van der Waals surface area contributed by atoms with E-state index in [0.29, 0.717) is 22.9 Å². The van der Waals surface area contributed by atoms with Crippen LogP contribution in [0, 0.1) is 5.82 Å². The number of alkyl halides is 7. The topological polar surface area (TPSA) is 118 Å². The molecule has 0 saturated carbocycles. The molecule has 3 aromatic heterocycles. The summed E-state index contributed by atoms with van der Waals surface area (Å²) >= 11 is 0. The molecular weight excluding hydrogens is 592 g/mol. The van der Waals surface area contributed by atoms with Crippen LogP contribution in [0.25, 0.3) is 11.3 Å². The van der Waals surface area contributed by atoms with Gasteiger partial charge in [-0.1, -0.05) is 0 Å². The number of aromatic nitrogens is 4. The van der Waals surface area contributed by atoms with Crippen LogP contribution in [0.15, 0.2) is 48.0 Å². The molecule has 1 amide bonds. The van der Waals surface area contributed by atoms with E-state index in [9.17, 15) is 48.3 Å². The summed E-state index contributed by atoms with van der Waals surface area (Å²) in [4.78, 5) is 26.4. The fourth-order valence-corrected chi connectivity index (χ4v) is 5.99. The molecule has 1 aliphatic heterocycles. The minimum Gasteiger partial charge on any atom is -0.351 e. The van der Waals surface area contributed by atoms with Gasteiger partial charge in [0.25, 0.3) is 10.0 Å². The standard InChI is InChI=1S/C23H18F8N6O3S/c1-11-16(25)6-18(37(11)41(39,40)20-15(24)3-2-4-32-20)19(38)34-7-12-5-17(33-10-14(12)22(26,27)28)13-8-35-21(36-9-13)23(29,30)31/h2-5,8-11,16,18H,6-7H2,1H3,(H,34,38)/t11-,16+,18-/m0/s1. The predicted molar refractivity (Wildman–Crippen MR) is 123 cm³/mol. The number of carbonyl (C=O) groups is 1. The van der Waals surface area contributed by atoms with Gasteiger partial charge >= 0.3 is 12.4 Å². The van der Waals surface area contributed by atoms with Crippen LogP contribution >= 0.6 is 0 Å². The number of halogens is 8. The van der Waals surface area contributed by atoms with Gasteiger partial charge in [-0.15, -0.1) is 0 Å². The van der Waals surface area contributed by atoms with E-state index in [2.05, 4.69) is 25.3 Å². The molecule has 220 valence electrons. The number of carbonyl (C=O) groups excluding carboxylic acids is 1. The molecule has 0 bridgehead atoms. The lowest BCUT2D eigenvalue weighted by Gasteiger charge is -2.26. The van der Waals surface area contributed by atoms with E-state index in [1.807, 2.05) is 0 Å². The van der Waals surface area contributed by atoms with Crippen molar-refractivity contribution in [1.82, 2.24) is 29.6 Å². The molecule has 41 heavy (non-hydrogen) atoms. The molecule has 1 aliphatic rings. The first-order valence-corrected chi connectivity index (χ1v) is 13.0. The van der Waals surface area contributed by atoms with Gasteiger partial charge in [-0.2, -0.15) is 30.6 Å². The zero-order valence-electron chi connectivity index (χ0n) is 20.6. The van der Waals surface area contributed by atoms with Crippen LogP contribution < -0.4 is 5.32 Å². The van der Waals surface area contributed by atoms with E-state index in [1.54, 1.807) is 0 Å². The number of amides is 1. The van der Waals surface area contributed by atoms with E-state index >= 15 is 0 Å². The van der Waals surface area contributed by atoms with Gasteiger partial charge in [-0.05, 0) is 30.7 Å². The van der Waals surface area contributed by atoms with Crippen LogP contribution in [0.1, 0.15) is 30.3 Å². The van der Waals surface area contributed by atoms with Crippen molar-refractivity contribution in [3.05, 3.63) is 65.8 Å². The summed E-state index contributed by atoms with van der Waals surface area (Å²) in [6, 6.07) is -0.450. The molecule has 1 N–H and O–H groups in total. The van der Waals surface area contributed by atoms with Gasteiger partial charge in [0.1, 0.15) is 12.2 Å². The quantitative estimate of drug-likeness (QED) is 0.421. The van der Waals surface area contributed by atoms with Crippen molar-refractivity contribution >= 4 is 15.9 Å². The summed E-state index contributed by atoms with van der Waals surface area (Å²) in [6.07, 6.45) is -9.60. The van der Waals surface area contributed by atoms with Gasteiger partial charge in [0, 0.05) is 43.3 Å². The maximum atomic E-state index is 14.6. The second-order valence-corrected chi connectivity index (χ2v) is 10.6. The summed E-state index contributed by atoms with van der Waals surface area (Å²) < 4.78 is 135. The Balaban J connectivity index is 1.62. The maximum Gasteiger partial charge on any atom is 0.451 e. The molecular formula is C23H18F8N6O3S. The van der Waals surface area contributed by atoms with Crippen LogP contribution in [-0.2, 0) is 33.7 Å². The number of sulfonamides is 1. The first-order chi connectivity index (χ1) is 19.0. The zero-order valence-corrected chi connectivity index (χ0v) is 21.4. The Morgan fingerprint density at radius 2 is 1.71 bits per heavy atom. The molecule has 18 heteroatoms. The molecule has 0 radical (unpaired) electrons. The van der Waals surface area contributed by atoms with Crippen LogP contribution in [0.5, 0.6) is 0 Å². The van der Waals surface area contributed by atoms with Crippen molar-refractivity contribution < 1.29 is 48.3 Å². The maximum absolute atomic E-state index is 14.6. The lowest BCUT2D eigenvalue weighted by atomic mass is 10.1. The first kappa shape index (κ1) is 30.2. The second kappa shape index (κ2) is 10.9. The first-order valence-electron chi connectivity index (χ1n) is 11.5. The highest BCUT2D eigenvalue weighted by Gasteiger charge is 2.50. The summed E-state index contributed by atoms with van der Waals surface area (Å²) in [7, 11) is -4.85. The summed E-state index contributed by atoms with van der Waals surface area (Å²) in [5.41, 5.74) is -2.33. The molecule has 1 fully saturated rings. The molecule has 4 rings (SSSR count). The highest BCUT2D eigenvalue weighted by Crippen LogP contribution is 2.35. The highest BCUT2D eigenvalue weighted by molar-refractivity contribution is 7.89. The van der Waals surface area contributed by atoms with Crippen molar-refractivity contribution in [2.75, 3.05) is 0 Å². The van der Waals surface area contributed by atoms with Gasteiger partial charge in [-0.25, -0.2) is 32.2 Å². The molecule has 3 atom stereocenters. The Kier molecular flexibility index (Phi) is 8.01. The SMILES string of the molecule is C[C@H]1[C@H](F)C[C@@H](C(=O)NCc2cc(-c3cnc(C(F)(F)F)nc3)ncc2C(F)(F)F)N1S(=O)(=O)c1ncccc1F. The Labute approximate surface area is 226 Å². The lowest BCUT2D eigenvalue weighted by molar-refractivity contribution is -0.145. The van der Waals surface area contributed by atoms with Crippen molar-refractivity contribution in [3.8, 4) is 11.3 Å². The number of nitrogens with one attached hydrogen (secondary N) is 1. The number of rotatable bonds is 6. The summed E-state index contributed by atoms with van der Waals surface area (Å²) in [5, 5.41) is 1.08. The Morgan fingerprint density at radius 3 is 2.29 bits per heavy atom. The lowest BCUT2D eigenvalue weighted by Crippen LogP contribution is -2.48. The van der Waals surface area contributed by atoms with Gasteiger partial charge in [-0.3, -0.25) is 9.78 Å². The van der Waals surface area contributed by atoms with Crippen molar-refractivity contribution in [2.24, 2.45) is 0 Å². The van der Waals surface area contributed by atoms with E-state index < -0.39 is 87.3 Å². The van der Waals surface area contributed by atoms with Gasteiger partial charge in [0.15, 0.2) is 5.82 Å². The van der Waals surface area contributed by atoms with Crippen LogP contribution in [0.4, 0.5) is 35.1 Å². The number of hydrogen-bond acceptors (Lipinski definition) is 7. The van der Waals surface area contributed by atoms with E-state index in [-0.39, 0.29) is 11.3 Å². The summed E-state index contributed by atoms with van der Waals surface area (Å²) in [6.45, 7) is 0.276. The second-order valence-electron chi connectivity index (χ2n) is 8.87. The predicted octanol–water partition coefficient (Wildman–Crippen LogP) is 3.92. The molecule has 9 nitrogen and oxygen atoms in total. The minimum atomic E-state index is -4.97. The van der Waals surface area contributed by atoms with Crippen LogP contribution in [0.2, 0.25) is 0 Å². The molecule has 4 heterocycles. The Morgan fingerprint density at radius 1 is 1.05 bits per heavy atom. The molecule has 0 spiro atoms. The highest BCUT2D eigenvalue weighted by atomic mass is 32.2. The normalized spacial score (nSPS) is 20.3. The average Bonchev–Trinajstić information content (AvgIpc) is 3.21. The van der Waals surface area contributed by atoms with Gasteiger partial charge in [0.2, 0.25) is 16.8 Å². The third-order valence-corrected chi connectivity index (χ3v) is 8.11. The third-order valence-electron chi connectivity index (χ3n) is 6.18. The smallest absolute Gasteiger partial charge is 0.351 e. The molecule has 0 aliphatic carbocycles. The van der Waals surface area contributed by atoms with E-state index in [4.69, 9.17) is 0 Å². The average molecular weight is 610 g/mol. The van der Waals surface area contributed by atoms with Gasteiger partial charge in [0.05, 0.1) is 17.3 Å². The molecule has 0 aromatic carbocycles. The Bertz CT molecular complexity index is 1550. The fraction of sp³-hybridized carbons (Fsp3) is 0.348. The van der Waals surface area contributed by atoms with Crippen molar-refractivity contribution in [2.45, 2.75) is 55.5 Å². The molecule has 3 aromatic rings. The number of nitrogens with zero attached hydrogens (tertiary/aromatic N) is 5. The van der Waals surface area contributed by atoms with E-state index in [0.717, 1.165) is 31.3 Å². The monoisotopic (exact) mass is 610 g/mol. The summed E-state index contributed by atoms with van der Waals surface area (Å²) in [5.74, 6) is -3.92. The number of hydrogen-bond donors (Lipinski definition) is 1.